The molecule has 5 rings (SSSR count). The average Bonchev–Trinajstić information content (AvgIpc) is 3.40. The lowest BCUT2D eigenvalue weighted by atomic mass is 9.70. The van der Waals surface area contributed by atoms with Crippen molar-refractivity contribution in [3.63, 3.8) is 0 Å². The van der Waals surface area contributed by atoms with E-state index in [0.29, 0.717) is 32.7 Å². The minimum absolute atomic E-state index is 0.0248. The van der Waals surface area contributed by atoms with Gasteiger partial charge in [0.05, 0.1) is 26.8 Å². The number of benzene rings is 3. The van der Waals surface area contributed by atoms with E-state index in [1.54, 1.807) is 0 Å². The van der Waals surface area contributed by atoms with Gasteiger partial charge in [0.15, 0.2) is 33.6 Å². The lowest BCUT2D eigenvalue weighted by molar-refractivity contribution is -0.128. The minimum Gasteiger partial charge on any atom is -0.748 e. The number of hydrogen-bond donors (Lipinski definition) is 0. The van der Waals surface area contributed by atoms with Crippen molar-refractivity contribution < 1.29 is 46.2 Å². The molecule has 0 amide bonds. The Hall–Kier alpha value is -3.13. The number of carbonyl (C=O) groups is 1. The summed E-state index contributed by atoms with van der Waals surface area (Å²) < 4.78 is 67.5. The van der Waals surface area contributed by atoms with Crippen molar-refractivity contribution in [3.8, 4) is 17.2 Å². The highest BCUT2D eigenvalue weighted by atomic mass is 32.2. The summed E-state index contributed by atoms with van der Waals surface area (Å²) in [6, 6.07) is 24.5. The Balaban J connectivity index is 0.000000334. The highest BCUT2D eigenvalue weighted by Crippen LogP contribution is 2.64. The van der Waals surface area contributed by atoms with Crippen molar-refractivity contribution in [2.75, 3.05) is 25.6 Å². The Labute approximate surface area is 312 Å². The molecule has 5 unspecified atom stereocenters. The zero-order valence-electron chi connectivity index (χ0n) is 31.6. The lowest BCUT2D eigenvalue weighted by Crippen LogP contribution is -2.42. The maximum absolute atomic E-state index is 11.8. The summed E-state index contributed by atoms with van der Waals surface area (Å²) in [5, 5.41) is 0. The van der Waals surface area contributed by atoms with Crippen LogP contribution in [-0.4, -0.2) is 63.2 Å². The van der Waals surface area contributed by atoms with E-state index in [2.05, 4.69) is 36.4 Å². The van der Waals surface area contributed by atoms with E-state index in [4.69, 9.17) is 28.4 Å². The first-order valence-electron chi connectivity index (χ1n) is 18.0. The zero-order chi connectivity index (χ0) is 38.1. The molecule has 5 atom stereocenters. The van der Waals surface area contributed by atoms with Crippen LogP contribution in [0.5, 0.6) is 17.2 Å². The maximum Gasteiger partial charge on any atom is 0.196 e. The maximum atomic E-state index is 11.8. The van der Waals surface area contributed by atoms with Gasteiger partial charge < -0.3 is 33.0 Å². The smallest absolute Gasteiger partial charge is 0.196 e. The van der Waals surface area contributed by atoms with E-state index in [-0.39, 0.29) is 36.0 Å². The Morgan fingerprint density at radius 3 is 1.40 bits per heavy atom. The number of fused-ring (bicyclic) bond motifs is 2. The molecule has 2 bridgehead atoms. The molecular formula is C40H54O10S2. The molecule has 0 heterocycles. The molecular weight excluding hydrogens is 705 g/mol. The highest BCUT2D eigenvalue weighted by molar-refractivity contribution is 7.97. The first kappa shape index (κ1) is 41.6. The Morgan fingerprint density at radius 2 is 1.12 bits per heavy atom. The molecule has 3 aromatic carbocycles. The van der Waals surface area contributed by atoms with Gasteiger partial charge in [-0.25, -0.2) is 8.42 Å². The molecule has 0 N–H and O–H groups in total. The van der Waals surface area contributed by atoms with Crippen LogP contribution in [0.1, 0.15) is 74.7 Å². The number of ether oxygens (including phenoxy) is 6. The largest absolute Gasteiger partial charge is 0.748 e. The molecule has 2 fully saturated rings. The highest BCUT2D eigenvalue weighted by Gasteiger charge is 2.64. The van der Waals surface area contributed by atoms with Crippen molar-refractivity contribution in [2.45, 2.75) is 108 Å². The van der Waals surface area contributed by atoms with Gasteiger partial charge in [-0.2, -0.15) is 0 Å². The van der Waals surface area contributed by atoms with Gasteiger partial charge in [0.1, 0.15) is 23.0 Å². The Morgan fingerprint density at radius 1 is 0.731 bits per heavy atom. The van der Waals surface area contributed by atoms with Crippen LogP contribution in [0, 0.1) is 16.7 Å². The monoisotopic (exact) mass is 758 g/mol. The van der Waals surface area contributed by atoms with Gasteiger partial charge in [-0.05, 0) is 102 Å². The normalized spacial score (nSPS) is 21.4. The van der Waals surface area contributed by atoms with Gasteiger partial charge in [0, 0.05) is 49.9 Å². The topological polar surface area (TPSA) is 130 Å². The minimum atomic E-state index is -4.33. The summed E-state index contributed by atoms with van der Waals surface area (Å²) in [6.45, 7) is 17.2. The molecule has 0 aliphatic heterocycles. The van der Waals surface area contributed by atoms with Crippen LogP contribution in [0.15, 0.2) is 87.5 Å². The molecule has 0 saturated heterocycles. The third-order valence-corrected chi connectivity index (χ3v) is 12.8. The second-order valence-corrected chi connectivity index (χ2v) is 17.0. The van der Waals surface area contributed by atoms with E-state index in [9.17, 15) is 17.8 Å². The quantitative estimate of drug-likeness (QED) is 0.0759. The van der Waals surface area contributed by atoms with Crippen LogP contribution in [-0.2, 0) is 40.0 Å². The average molecular weight is 759 g/mol. The van der Waals surface area contributed by atoms with Crippen molar-refractivity contribution in [1.82, 2.24) is 0 Å². The van der Waals surface area contributed by atoms with E-state index < -0.39 is 32.2 Å². The summed E-state index contributed by atoms with van der Waals surface area (Å²) in [5.74, 6) is 1.99. The predicted octanol–water partition coefficient (Wildman–Crippen LogP) is 7.99. The Kier molecular flexibility index (Phi) is 14.6. The first-order valence-corrected chi connectivity index (χ1v) is 20.8. The lowest BCUT2D eigenvalue weighted by Gasteiger charge is -2.37. The molecule has 286 valence electrons. The van der Waals surface area contributed by atoms with Crippen molar-refractivity contribution in [2.24, 2.45) is 16.7 Å². The van der Waals surface area contributed by atoms with E-state index >= 15 is 0 Å². The number of ketones is 1. The first-order chi connectivity index (χ1) is 24.6. The molecule has 52 heavy (non-hydrogen) atoms. The van der Waals surface area contributed by atoms with Crippen LogP contribution in [0.4, 0.5) is 0 Å². The molecule has 0 spiro atoms. The molecule has 2 saturated carbocycles. The molecule has 10 nitrogen and oxygen atoms in total. The van der Waals surface area contributed by atoms with E-state index in [1.807, 2.05) is 91.8 Å². The number of hydrogen-bond acceptors (Lipinski definition) is 10. The van der Waals surface area contributed by atoms with Crippen molar-refractivity contribution in [3.05, 3.63) is 72.8 Å². The SMILES string of the molecule is CC1(C)C2CCC1(CS(=O)(=O)[O-])C(=O)C2.CCOC(C)Oc1cccc([S+](c2cccc(OC(C)OCC)c2)c2cccc(OC(C)OCC)c2)c1. The summed E-state index contributed by atoms with van der Waals surface area (Å²) in [5.41, 5.74) is -1.22. The molecule has 2 aliphatic rings. The van der Waals surface area contributed by atoms with Gasteiger partial charge in [-0.15, -0.1) is 0 Å². The fraction of sp³-hybridized carbons (Fsp3) is 0.525. The van der Waals surface area contributed by atoms with Crippen LogP contribution < -0.4 is 14.2 Å². The second-order valence-electron chi connectivity index (χ2n) is 13.5. The standard InChI is InChI=1S/C30H39O6S.C10H16O4S/c1-7-31-22(4)34-25-13-10-16-28(19-25)37(29-17-11-14-26(20-29)35-23(5)32-8-2)30-18-12-15-27(21-30)36-24(6)33-9-3;1-9(2)7-3-4-10(9,8(11)5-7)6-15(12,13)14/h10-24H,7-9H2,1-6H3;7H,3-6H2,1-2H3,(H,12,13,14)/q+1;/p-1. The molecule has 0 aromatic heterocycles. The van der Waals surface area contributed by atoms with Gasteiger partial charge in [-0.1, -0.05) is 32.0 Å². The van der Waals surface area contributed by atoms with Crippen LogP contribution in [0.2, 0.25) is 0 Å². The summed E-state index contributed by atoms with van der Waals surface area (Å²) in [6.07, 6.45) is 0.865. The Bertz CT molecular complexity index is 1590. The van der Waals surface area contributed by atoms with Gasteiger partial charge in [0.25, 0.3) is 0 Å². The molecule has 12 heteroatoms. The van der Waals surface area contributed by atoms with Crippen molar-refractivity contribution in [1.29, 1.82) is 0 Å². The predicted molar refractivity (Wildman–Crippen MR) is 200 cm³/mol. The fourth-order valence-electron chi connectivity index (χ4n) is 7.22. The fourth-order valence-corrected chi connectivity index (χ4v) is 10.7. The van der Waals surface area contributed by atoms with Crippen LogP contribution in [0.3, 0.4) is 0 Å². The number of rotatable bonds is 17. The summed E-state index contributed by atoms with van der Waals surface area (Å²) >= 11 is 0. The van der Waals surface area contributed by atoms with Crippen molar-refractivity contribution >= 4 is 26.8 Å². The van der Waals surface area contributed by atoms with Crippen LogP contribution in [0.25, 0.3) is 0 Å². The summed E-state index contributed by atoms with van der Waals surface area (Å²) in [4.78, 5) is 15.2. The molecule has 3 aromatic rings. The van der Waals surface area contributed by atoms with E-state index in [1.165, 1.54) is 0 Å². The molecule has 0 radical (unpaired) electrons. The molecule has 2 aliphatic carbocycles. The third kappa shape index (κ3) is 10.5. The van der Waals surface area contributed by atoms with Gasteiger partial charge >= 0.3 is 0 Å². The number of Topliss-reactive ketones (excluding diaryl/α,β-unsaturated/α-hetero) is 1. The summed E-state index contributed by atoms with van der Waals surface area (Å²) in [7, 11) is -4.79. The third-order valence-electron chi connectivity index (χ3n) is 9.80. The second kappa shape index (κ2) is 18.3. The van der Waals surface area contributed by atoms with Crippen LogP contribution >= 0.6 is 0 Å². The van der Waals surface area contributed by atoms with Gasteiger partial charge in [-0.3, -0.25) is 4.79 Å². The zero-order valence-corrected chi connectivity index (χ0v) is 33.2. The number of carbonyl (C=O) groups excluding carboxylic acids is 1. The van der Waals surface area contributed by atoms with Gasteiger partial charge in [0.2, 0.25) is 0 Å². The van der Waals surface area contributed by atoms with E-state index in [0.717, 1.165) is 38.4 Å².